The molecule has 0 N–H and O–H groups in total. The van der Waals surface area contributed by atoms with Gasteiger partial charge in [-0.2, -0.15) is 0 Å². The normalized spacial score (nSPS) is 24.8. The van der Waals surface area contributed by atoms with Crippen LogP contribution < -0.4 is 4.74 Å². The maximum atomic E-state index is 5.90. The molecule has 0 aliphatic heterocycles. The number of alkyl halides is 1. The summed E-state index contributed by atoms with van der Waals surface area (Å²) < 4.78 is 8.74. The molecular formula is C10H8Br3ClO. The number of hydrogen-bond acceptors (Lipinski definition) is 1. The molecule has 0 atom stereocenters. The van der Waals surface area contributed by atoms with Crippen molar-refractivity contribution in [3.8, 4) is 5.75 Å². The topological polar surface area (TPSA) is 9.23 Å². The summed E-state index contributed by atoms with van der Waals surface area (Å²) in [5.74, 6) is 0.853. The molecule has 1 aromatic carbocycles. The highest BCUT2D eigenvalue weighted by atomic mass is 79.9. The predicted octanol–water partition coefficient (Wildman–Crippen LogP) is 5.12. The van der Waals surface area contributed by atoms with Crippen LogP contribution in [0.15, 0.2) is 25.6 Å². The monoisotopic (exact) mass is 416 g/mol. The third-order valence-corrected chi connectivity index (χ3v) is 4.28. The molecule has 1 aliphatic carbocycles. The van der Waals surface area contributed by atoms with Crippen molar-refractivity contribution < 1.29 is 4.74 Å². The summed E-state index contributed by atoms with van der Waals surface area (Å²) in [7, 11) is 0. The van der Waals surface area contributed by atoms with Gasteiger partial charge in [0, 0.05) is 22.7 Å². The molecule has 82 valence electrons. The number of ether oxygens (including phenoxy) is 1. The number of halogens is 4. The van der Waals surface area contributed by atoms with E-state index in [4.69, 9.17) is 16.3 Å². The van der Waals surface area contributed by atoms with Gasteiger partial charge >= 0.3 is 0 Å². The standard InChI is InChI=1S/C10H8Br3ClO/c11-5-1-8(12)10(9(13)2-5)15-7-3-6(14)4-7/h1-2,6-7H,3-4H2. The van der Waals surface area contributed by atoms with Crippen LogP contribution in [-0.4, -0.2) is 11.5 Å². The second-order valence-electron chi connectivity index (χ2n) is 3.51. The van der Waals surface area contributed by atoms with Crippen LogP contribution in [0.25, 0.3) is 0 Å². The van der Waals surface area contributed by atoms with Crippen LogP contribution in [-0.2, 0) is 0 Å². The summed E-state index contributed by atoms with van der Waals surface area (Å²) >= 11 is 16.3. The Kier molecular flexibility index (Phi) is 4.03. The average molecular weight is 419 g/mol. The molecule has 1 aliphatic rings. The van der Waals surface area contributed by atoms with Crippen LogP contribution in [0, 0.1) is 0 Å². The predicted molar refractivity (Wildman–Crippen MR) is 72.8 cm³/mol. The van der Waals surface area contributed by atoms with Gasteiger partial charge in [-0.25, -0.2) is 0 Å². The van der Waals surface area contributed by atoms with E-state index in [0.29, 0.717) is 0 Å². The summed E-state index contributed by atoms with van der Waals surface area (Å²) in [4.78, 5) is 0. The summed E-state index contributed by atoms with van der Waals surface area (Å²) in [6.07, 6.45) is 2.11. The average Bonchev–Trinajstić information content (AvgIpc) is 2.07. The lowest BCUT2D eigenvalue weighted by atomic mass is 9.95. The SMILES string of the molecule is ClC1CC(Oc2c(Br)cc(Br)cc2Br)C1. The largest absolute Gasteiger partial charge is 0.488 e. The third kappa shape index (κ3) is 2.90. The second-order valence-corrected chi connectivity index (χ2v) is 6.75. The lowest BCUT2D eigenvalue weighted by molar-refractivity contribution is 0.122. The van der Waals surface area contributed by atoms with E-state index in [2.05, 4.69) is 47.8 Å². The molecule has 0 aromatic heterocycles. The molecule has 0 spiro atoms. The molecule has 1 saturated carbocycles. The molecule has 1 nitrogen and oxygen atoms in total. The van der Waals surface area contributed by atoms with Crippen LogP contribution in [0.3, 0.4) is 0 Å². The molecule has 0 saturated heterocycles. The fraction of sp³-hybridized carbons (Fsp3) is 0.400. The van der Waals surface area contributed by atoms with Crippen molar-refractivity contribution in [3.05, 3.63) is 25.6 Å². The second kappa shape index (κ2) is 4.94. The molecule has 1 fully saturated rings. The molecule has 2 rings (SSSR count). The molecule has 0 bridgehead atoms. The molecular weight excluding hydrogens is 411 g/mol. The van der Waals surface area contributed by atoms with E-state index >= 15 is 0 Å². The first-order valence-corrected chi connectivity index (χ1v) is 7.33. The van der Waals surface area contributed by atoms with Crippen LogP contribution in [0.2, 0.25) is 0 Å². The van der Waals surface area contributed by atoms with Gasteiger partial charge in [0.1, 0.15) is 11.9 Å². The highest BCUT2D eigenvalue weighted by Crippen LogP contribution is 2.39. The minimum absolute atomic E-state index is 0.251. The van der Waals surface area contributed by atoms with Crippen molar-refractivity contribution in [2.24, 2.45) is 0 Å². The van der Waals surface area contributed by atoms with E-state index in [9.17, 15) is 0 Å². The Balaban J connectivity index is 2.14. The van der Waals surface area contributed by atoms with E-state index < -0.39 is 0 Å². The van der Waals surface area contributed by atoms with E-state index in [-0.39, 0.29) is 11.5 Å². The van der Waals surface area contributed by atoms with Gasteiger partial charge in [0.2, 0.25) is 0 Å². The maximum absolute atomic E-state index is 5.90. The summed E-state index contributed by atoms with van der Waals surface area (Å²) in [5.41, 5.74) is 0. The van der Waals surface area contributed by atoms with Gasteiger partial charge in [0.25, 0.3) is 0 Å². The van der Waals surface area contributed by atoms with Gasteiger partial charge in [-0.05, 0) is 44.0 Å². The molecule has 0 heterocycles. The molecule has 0 amide bonds. The highest BCUT2D eigenvalue weighted by Gasteiger charge is 2.30. The van der Waals surface area contributed by atoms with E-state index in [1.807, 2.05) is 12.1 Å². The number of benzene rings is 1. The lowest BCUT2D eigenvalue weighted by Gasteiger charge is -2.31. The van der Waals surface area contributed by atoms with E-state index in [1.165, 1.54) is 0 Å². The van der Waals surface area contributed by atoms with Gasteiger partial charge in [-0.3, -0.25) is 0 Å². The van der Waals surface area contributed by atoms with Crippen molar-refractivity contribution in [3.63, 3.8) is 0 Å². The zero-order valence-corrected chi connectivity index (χ0v) is 13.2. The number of hydrogen-bond donors (Lipinski definition) is 0. The van der Waals surface area contributed by atoms with E-state index in [0.717, 1.165) is 32.0 Å². The van der Waals surface area contributed by atoms with Crippen molar-refractivity contribution >= 4 is 59.4 Å². The first-order valence-electron chi connectivity index (χ1n) is 4.51. The van der Waals surface area contributed by atoms with Gasteiger partial charge < -0.3 is 4.74 Å². The smallest absolute Gasteiger partial charge is 0.148 e. The van der Waals surface area contributed by atoms with Crippen LogP contribution in [0.1, 0.15) is 12.8 Å². The van der Waals surface area contributed by atoms with Crippen LogP contribution in [0.4, 0.5) is 0 Å². The quantitative estimate of drug-likeness (QED) is 0.605. The minimum Gasteiger partial charge on any atom is -0.488 e. The van der Waals surface area contributed by atoms with Gasteiger partial charge in [-0.1, -0.05) is 15.9 Å². The molecule has 0 unspecified atom stereocenters. The first kappa shape index (κ1) is 12.2. The summed E-state index contributed by atoms with van der Waals surface area (Å²) in [6.45, 7) is 0. The highest BCUT2D eigenvalue weighted by molar-refractivity contribution is 9.11. The Bertz CT molecular complexity index is 354. The number of rotatable bonds is 2. The zero-order chi connectivity index (χ0) is 11.0. The van der Waals surface area contributed by atoms with E-state index in [1.54, 1.807) is 0 Å². The van der Waals surface area contributed by atoms with Crippen molar-refractivity contribution in [2.75, 3.05) is 0 Å². The summed E-state index contributed by atoms with van der Waals surface area (Å²) in [5, 5.41) is 0.281. The molecule has 5 heteroatoms. The zero-order valence-electron chi connectivity index (χ0n) is 7.64. The third-order valence-electron chi connectivity index (χ3n) is 2.28. The van der Waals surface area contributed by atoms with Crippen molar-refractivity contribution in [2.45, 2.75) is 24.3 Å². The minimum atomic E-state index is 0.251. The van der Waals surface area contributed by atoms with Gasteiger partial charge in [0.05, 0.1) is 8.95 Å². The molecule has 1 aromatic rings. The Morgan fingerprint density at radius 2 is 1.67 bits per heavy atom. The first-order chi connectivity index (χ1) is 7.06. The Labute approximate surface area is 119 Å². The fourth-order valence-corrected chi connectivity index (χ4v) is 4.25. The lowest BCUT2D eigenvalue weighted by Crippen LogP contribution is -2.34. The van der Waals surface area contributed by atoms with Crippen molar-refractivity contribution in [1.29, 1.82) is 0 Å². The maximum Gasteiger partial charge on any atom is 0.148 e. The van der Waals surface area contributed by atoms with Crippen molar-refractivity contribution in [1.82, 2.24) is 0 Å². The van der Waals surface area contributed by atoms with Crippen LogP contribution in [0.5, 0.6) is 5.75 Å². The summed E-state index contributed by atoms with van der Waals surface area (Å²) in [6, 6.07) is 3.94. The molecule has 15 heavy (non-hydrogen) atoms. The molecule has 0 radical (unpaired) electrons. The van der Waals surface area contributed by atoms with Crippen LogP contribution >= 0.6 is 59.4 Å². The van der Waals surface area contributed by atoms with Gasteiger partial charge in [0.15, 0.2) is 0 Å². The van der Waals surface area contributed by atoms with Gasteiger partial charge in [-0.15, -0.1) is 11.6 Å². The Hall–Kier alpha value is 0.750. The Morgan fingerprint density at radius 1 is 1.13 bits per heavy atom. The fourth-order valence-electron chi connectivity index (χ4n) is 1.41. The Morgan fingerprint density at radius 3 is 2.13 bits per heavy atom.